The van der Waals surface area contributed by atoms with Crippen molar-refractivity contribution in [3.8, 4) is 5.75 Å². The lowest BCUT2D eigenvalue weighted by atomic mass is 9.73. The van der Waals surface area contributed by atoms with Crippen molar-refractivity contribution in [3.63, 3.8) is 0 Å². The van der Waals surface area contributed by atoms with Gasteiger partial charge in [0.15, 0.2) is 5.75 Å². The summed E-state index contributed by atoms with van der Waals surface area (Å²) < 4.78 is 1.60. The number of fused-ring (bicyclic) bond motifs is 1. The average Bonchev–Trinajstić information content (AvgIpc) is 3.38. The first kappa shape index (κ1) is 27.9. The maximum absolute atomic E-state index is 13.1. The van der Waals surface area contributed by atoms with E-state index >= 15 is 0 Å². The zero-order valence-corrected chi connectivity index (χ0v) is 22.9. The lowest BCUT2D eigenvalue weighted by Crippen LogP contribution is -2.62. The van der Waals surface area contributed by atoms with Gasteiger partial charge in [-0.2, -0.15) is 0 Å². The molecule has 1 aromatic heterocycles. The standard InChI is InChI=1S/C26H34N4O7S/c1-12(6-13(2)31)20-21-14(3)23(22(26(36)37)30(21)25(20)35)38-16-8-17(27-9-16)24(34)29(5)10-15-7-18(32)19(33)11-28(15)4/h7,11-12,14,16-17,20-21,27,33H,6,8-10H2,1-5H3,(H,36,37)/t12-,14+,16-,17-,20+,21+/m0/s1. The second kappa shape index (κ2) is 10.6. The van der Waals surface area contributed by atoms with Crippen LogP contribution in [0.2, 0.25) is 0 Å². The van der Waals surface area contributed by atoms with E-state index in [4.69, 9.17) is 0 Å². The molecule has 0 aliphatic carbocycles. The molecule has 38 heavy (non-hydrogen) atoms. The van der Waals surface area contributed by atoms with E-state index in [0.29, 0.717) is 23.6 Å². The molecule has 11 nitrogen and oxygen atoms in total. The van der Waals surface area contributed by atoms with Crippen LogP contribution in [0.5, 0.6) is 5.75 Å². The molecule has 3 N–H and O–H groups in total. The molecule has 2 saturated heterocycles. The van der Waals surface area contributed by atoms with Crippen molar-refractivity contribution in [1.82, 2.24) is 19.7 Å². The van der Waals surface area contributed by atoms with Crippen LogP contribution >= 0.6 is 11.8 Å². The van der Waals surface area contributed by atoms with Gasteiger partial charge in [0.25, 0.3) is 0 Å². The second-order valence-corrected chi connectivity index (χ2v) is 12.0. The number of ketones is 1. The molecule has 0 spiro atoms. The van der Waals surface area contributed by atoms with E-state index in [1.807, 2.05) is 13.8 Å². The number of pyridine rings is 1. The number of aryl methyl sites for hydroxylation is 1. The first-order valence-electron chi connectivity index (χ1n) is 12.6. The largest absolute Gasteiger partial charge is 0.503 e. The summed E-state index contributed by atoms with van der Waals surface area (Å²) in [5.74, 6) is -2.64. The van der Waals surface area contributed by atoms with E-state index in [1.165, 1.54) is 40.7 Å². The zero-order chi connectivity index (χ0) is 28.0. The van der Waals surface area contributed by atoms with Gasteiger partial charge in [0.2, 0.25) is 17.2 Å². The third-order valence-corrected chi connectivity index (χ3v) is 9.30. The molecule has 206 valence electrons. The molecule has 2 fully saturated rings. The van der Waals surface area contributed by atoms with Crippen LogP contribution in [0.1, 0.15) is 39.3 Å². The quantitative estimate of drug-likeness (QED) is 0.384. The Kier molecular flexibility index (Phi) is 7.76. The maximum atomic E-state index is 13.1. The number of Topliss-reactive ketones (excluding diaryl/α,β-unsaturated/α-hetero) is 1. The molecule has 3 aliphatic heterocycles. The highest BCUT2D eigenvalue weighted by Crippen LogP contribution is 2.53. The van der Waals surface area contributed by atoms with Crippen LogP contribution in [0.3, 0.4) is 0 Å². The van der Waals surface area contributed by atoms with Gasteiger partial charge in [-0.05, 0) is 19.3 Å². The molecular weight excluding hydrogens is 512 g/mol. The van der Waals surface area contributed by atoms with E-state index < -0.39 is 17.4 Å². The molecule has 0 aromatic carbocycles. The minimum absolute atomic E-state index is 0.000700. The normalized spacial score (nSPS) is 27.2. The van der Waals surface area contributed by atoms with Crippen LogP contribution in [-0.4, -0.2) is 79.1 Å². The number of likely N-dealkylation sites (N-methyl/N-ethyl adjacent to an activating group) is 1. The van der Waals surface area contributed by atoms with E-state index in [0.717, 1.165) is 0 Å². The molecule has 4 heterocycles. The summed E-state index contributed by atoms with van der Waals surface area (Å²) >= 11 is 1.41. The number of aromatic hydroxyl groups is 1. The van der Waals surface area contributed by atoms with E-state index in [1.54, 1.807) is 18.7 Å². The van der Waals surface area contributed by atoms with Gasteiger partial charge in [0.05, 0.1) is 24.5 Å². The number of carbonyl (C=O) groups is 4. The molecule has 1 aromatic rings. The summed E-state index contributed by atoms with van der Waals surface area (Å²) in [5.41, 5.74) is 0.0824. The summed E-state index contributed by atoms with van der Waals surface area (Å²) in [5, 5.41) is 22.7. The zero-order valence-electron chi connectivity index (χ0n) is 22.1. The van der Waals surface area contributed by atoms with Crippen LogP contribution in [0.25, 0.3) is 0 Å². The summed E-state index contributed by atoms with van der Waals surface area (Å²) in [4.78, 5) is 65.3. The molecule has 6 atom stereocenters. The number of β-lactam (4-membered cyclic amide) rings is 1. The Morgan fingerprint density at radius 1 is 1.29 bits per heavy atom. The van der Waals surface area contributed by atoms with Crippen molar-refractivity contribution >= 4 is 35.3 Å². The highest BCUT2D eigenvalue weighted by Gasteiger charge is 2.60. The van der Waals surface area contributed by atoms with Crippen LogP contribution in [0, 0.1) is 17.8 Å². The lowest BCUT2D eigenvalue weighted by molar-refractivity contribution is -0.160. The third-order valence-electron chi connectivity index (χ3n) is 7.79. The van der Waals surface area contributed by atoms with Crippen molar-refractivity contribution in [2.45, 2.75) is 57.5 Å². The van der Waals surface area contributed by atoms with Crippen LogP contribution < -0.4 is 10.7 Å². The van der Waals surface area contributed by atoms with E-state index in [2.05, 4.69) is 5.32 Å². The number of rotatable bonds is 9. The van der Waals surface area contributed by atoms with Gasteiger partial charge in [0.1, 0.15) is 11.5 Å². The first-order valence-corrected chi connectivity index (χ1v) is 13.5. The lowest BCUT2D eigenvalue weighted by Gasteiger charge is -2.47. The number of hydrogen-bond acceptors (Lipinski definition) is 8. The number of aliphatic carboxylic acids is 1. The molecule has 0 bridgehead atoms. The van der Waals surface area contributed by atoms with Gasteiger partial charge in [-0.1, -0.05) is 13.8 Å². The number of carbonyl (C=O) groups excluding carboxylic acids is 3. The molecule has 0 radical (unpaired) electrons. The molecule has 0 unspecified atom stereocenters. The number of aromatic nitrogens is 1. The van der Waals surface area contributed by atoms with Crippen molar-refractivity contribution in [2.24, 2.45) is 24.8 Å². The Hall–Kier alpha value is -3.12. The summed E-state index contributed by atoms with van der Waals surface area (Å²) in [6.45, 7) is 5.97. The van der Waals surface area contributed by atoms with Crippen molar-refractivity contribution in [3.05, 3.63) is 38.8 Å². The Morgan fingerprint density at radius 2 is 1.97 bits per heavy atom. The van der Waals surface area contributed by atoms with Crippen LogP contribution in [0.4, 0.5) is 0 Å². The second-order valence-electron chi connectivity index (χ2n) is 10.7. The molecule has 3 aliphatic rings. The number of thioether (sulfide) groups is 1. The number of nitrogens with one attached hydrogen (secondary N) is 1. The fraction of sp³-hybridized carbons (Fsp3) is 0.577. The molecular formula is C26H34N4O7S. The number of carboxylic acid groups (broad SMARTS) is 1. The number of amides is 2. The fourth-order valence-electron chi connectivity index (χ4n) is 5.91. The Morgan fingerprint density at radius 3 is 2.61 bits per heavy atom. The van der Waals surface area contributed by atoms with Crippen molar-refractivity contribution in [2.75, 3.05) is 13.6 Å². The Labute approximate surface area is 224 Å². The van der Waals surface area contributed by atoms with Crippen molar-refractivity contribution in [1.29, 1.82) is 0 Å². The molecule has 2 amide bonds. The Balaban J connectivity index is 1.43. The van der Waals surface area contributed by atoms with Crippen LogP contribution in [0.15, 0.2) is 27.7 Å². The SMILES string of the molecule is CC(=O)C[C@H](C)[C@H]1C(=O)N2C(C(=O)O)=C(S[C@@H]3CN[C@H](C(=O)N(C)Cc4cc(=O)c(O)cn4C)C3)[C@H](C)[C@H]12. The predicted molar refractivity (Wildman–Crippen MR) is 140 cm³/mol. The van der Waals surface area contributed by atoms with Crippen LogP contribution in [-0.2, 0) is 32.8 Å². The highest BCUT2D eigenvalue weighted by molar-refractivity contribution is 8.03. The van der Waals surface area contributed by atoms with Gasteiger partial charge in [-0.25, -0.2) is 4.79 Å². The number of nitrogens with zero attached hydrogens (tertiary/aromatic N) is 3. The monoisotopic (exact) mass is 546 g/mol. The fourth-order valence-corrected chi connectivity index (χ4v) is 7.39. The van der Waals surface area contributed by atoms with E-state index in [-0.39, 0.29) is 71.1 Å². The van der Waals surface area contributed by atoms with Gasteiger partial charge in [0, 0.05) is 61.1 Å². The van der Waals surface area contributed by atoms with Gasteiger partial charge in [-0.3, -0.25) is 14.4 Å². The topological polar surface area (TPSA) is 149 Å². The minimum Gasteiger partial charge on any atom is -0.503 e. The molecule has 0 saturated carbocycles. The number of hydrogen-bond donors (Lipinski definition) is 3. The smallest absolute Gasteiger partial charge is 0.353 e. The van der Waals surface area contributed by atoms with Crippen molar-refractivity contribution < 1.29 is 29.4 Å². The minimum atomic E-state index is -1.15. The summed E-state index contributed by atoms with van der Waals surface area (Å²) in [7, 11) is 3.33. The van der Waals surface area contributed by atoms with Gasteiger partial charge < -0.3 is 34.7 Å². The predicted octanol–water partition coefficient (Wildman–Crippen LogP) is 0.901. The number of carboxylic acids is 1. The summed E-state index contributed by atoms with van der Waals surface area (Å²) in [6.07, 6.45) is 2.07. The highest BCUT2D eigenvalue weighted by atomic mass is 32.2. The molecule has 4 rings (SSSR count). The third kappa shape index (κ3) is 4.98. The van der Waals surface area contributed by atoms with E-state index in [9.17, 15) is 34.2 Å². The average molecular weight is 547 g/mol. The van der Waals surface area contributed by atoms with Gasteiger partial charge >= 0.3 is 5.97 Å². The Bertz CT molecular complexity index is 1270. The summed E-state index contributed by atoms with van der Waals surface area (Å²) in [6, 6.07) is 0.552. The van der Waals surface area contributed by atoms with Gasteiger partial charge in [-0.15, -0.1) is 11.8 Å². The first-order chi connectivity index (χ1) is 17.8. The molecule has 12 heteroatoms. The maximum Gasteiger partial charge on any atom is 0.353 e.